The van der Waals surface area contributed by atoms with E-state index in [0.717, 1.165) is 25.8 Å². The highest BCUT2D eigenvalue weighted by Gasteiger charge is 2.15. The lowest BCUT2D eigenvalue weighted by Gasteiger charge is -2.18. The zero-order valence-electron chi connectivity index (χ0n) is 9.68. The number of hydrogen-bond donors (Lipinski definition) is 1. The number of carboxylic acids is 1. The monoisotopic (exact) mass is 223 g/mol. The molecule has 0 saturated heterocycles. The van der Waals surface area contributed by atoms with E-state index in [-0.39, 0.29) is 5.69 Å². The van der Waals surface area contributed by atoms with E-state index in [1.807, 2.05) is 11.9 Å². The molecule has 0 atom stereocenters. The molecule has 1 aromatic heterocycles. The predicted molar refractivity (Wildman–Crippen MR) is 61.8 cm³/mol. The van der Waals surface area contributed by atoms with E-state index in [1.54, 1.807) is 0 Å². The van der Waals surface area contributed by atoms with Crippen LogP contribution in [0.5, 0.6) is 0 Å². The summed E-state index contributed by atoms with van der Waals surface area (Å²) in [6, 6.07) is 0. The first kappa shape index (κ1) is 12.4. The molecular formula is C11H17N3O2. The standard InChI is InChI=1S/C11H17N3O2/c1-3-4-5-8-14(2)10-9(11(15)16)12-6-7-13-10/h6-7H,3-5,8H2,1-2H3,(H,15,16). The number of unbranched alkanes of at least 4 members (excludes halogenated alkanes) is 2. The minimum atomic E-state index is -1.04. The highest BCUT2D eigenvalue weighted by atomic mass is 16.4. The Labute approximate surface area is 95.1 Å². The summed E-state index contributed by atoms with van der Waals surface area (Å²) in [5.41, 5.74) is 0.0153. The normalized spacial score (nSPS) is 10.1. The third-order valence-electron chi connectivity index (χ3n) is 2.34. The van der Waals surface area contributed by atoms with Crippen LogP contribution in [0.4, 0.5) is 5.82 Å². The summed E-state index contributed by atoms with van der Waals surface area (Å²) in [6.45, 7) is 2.93. The third kappa shape index (κ3) is 3.18. The van der Waals surface area contributed by atoms with Crippen molar-refractivity contribution in [1.82, 2.24) is 9.97 Å². The summed E-state index contributed by atoms with van der Waals surface area (Å²) in [5.74, 6) is -0.600. The number of aromatic carboxylic acids is 1. The van der Waals surface area contributed by atoms with E-state index in [1.165, 1.54) is 12.4 Å². The van der Waals surface area contributed by atoms with Gasteiger partial charge in [-0.15, -0.1) is 0 Å². The molecule has 5 heteroatoms. The maximum atomic E-state index is 10.9. The van der Waals surface area contributed by atoms with Gasteiger partial charge >= 0.3 is 5.97 Å². The van der Waals surface area contributed by atoms with Gasteiger partial charge in [-0.3, -0.25) is 0 Å². The zero-order chi connectivity index (χ0) is 12.0. The van der Waals surface area contributed by atoms with Crippen LogP contribution in [0.2, 0.25) is 0 Å². The second-order valence-electron chi connectivity index (χ2n) is 3.66. The van der Waals surface area contributed by atoms with E-state index in [0.29, 0.717) is 5.82 Å². The van der Waals surface area contributed by atoms with Crippen LogP contribution in [-0.4, -0.2) is 34.6 Å². The molecule has 0 spiro atoms. The van der Waals surface area contributed by atoms with Crippen molar-refractivity contribution in [1.29, 1.82) is 0 Å². The first-order valence-corrected chi connectivity index (χ1v) is 5.42. The summed E-state index contributed by atoms with van der Waals surface area (Å²) in [5, 5.41) is 8.96. The van der Waals surface area contributed by atoms with Crippen LogP contribution < -0.4 is 4.90 Å². The largest absolute Gasteiger partial charge is 0.476 e. The minimum absolute atomic E-state index is 0.0153. The Hall–Kier alpha value is -1.65. The molecule has 0 bridgehead atoms. The molecule has 16 heavy (non-hydrogen) atoms. The van der Waals surface area contributed by atoms with Gasteiger partial charge < -0.3 is 10.0 Å². The molecule has 1 aromatic rings. The summed E-state index contributed by atoms with van der Waals surface area (Å²) in [7, 11) is 1.84. The van der Waals surface area contributed by atoms with E-state index in [4.69, 9.17) is 5.11 Å². The molecule has 1 heterocycles. The lowest BCUT2D eigenvalue weighted by atomic mass is 10.2. The Morgan fingerprint density at radius 3 is 2.69 bits per heavy atom. The van der Waals surface area contributed by atoms with Crippen molar-refractivity contribution >= 4 is 11.8 Å². The van der Waals surface area contributed by atoms with Gasteiger partial charge in [0, 0.05) is 26.0 Å². The molecule has 1 N–H and O–H groups in total. The van der Waals surface area contributed by atoms with Gasteiger partial charge in [-0.05, 0) is 6.42 Å². The van der Waals surface area contributed by atoms with Crippen LogP contribution in [0.25, 0.3) is 0 Å². The minimum Gasteiger partial charge on any atom is -0.476 e. The van der Waals surface area contributed by atoms with Crippen molar-refractivity contribution in [2.75, 3.05) is 18.5 Å². The quantitative estimate of drug-likeness (QED) is 0.745. The van der Waals surface area contributed by atoms with Gasteiger partial charge in [0.25, 0.3) is 0 Å². The van der Waals surface area contributed by atoms with E-state index in [2.05, 4.69) is 16.9 Å². The Morgan fingerprint density at radius 1 is 1.38 bits per heavy atom. The number of aromatic nitrogens is 2. The SMILES string of the molecule is CCCCCN(C)c1nccnc1C(=O)O. The topological polar surface area (TPSA) is 66.3 Å². The average Bonchev–Trinajstić information content (AvgIpc) is 2.29. The lowest BCUT2D eigenvalue weighted by Crippen LogP contribution is -2.23. The fraction of sp³-hybridized carbons (Fsp3) is 0.545. The van der Waals surface area contributed by atoms with Gasteiger partial charge in [-0.25, -0.2) is 14.8 Å². The van der Waals surface area contributed by atoms with Gasteiger partial charge in [0.15, 0.2) is 11.5 Å². The Balaban J connectivity index is 2.74. The molecule has 0 radical (unpaired) electrons. The molecule has 0 saturated carbocycles. The van der Waals surface area contributed by atoms with Crippen molar-refractivity contribution in [3.8, 4) is 0 Å². The lowest BCUT2D eigenvalue weighted by molar-refractivity contribution is 0.0691. The summed E-state index contributed by atoms with van der Waals surface area (Å²) in [6.07, 6.45) is 6.21. The molecule has 0 aliphatic carbocycles. The maximum absolute atomic E-state index is 10.9. The molecule has 0 aliphatic rings. The fourth-order valence-electron chi connectivity index (χ4n) is 1.47. The predicted octanol–water partition coefficient (Wildman–Crippen LogP) is 1.80. The first-order chi connectivity index (χ1) is 7.66. The van der Waals surface area contributed by atoms with E-state index in [9.17, 15) is 4.79 Å². The van der Waals surface area contributed by atoms with Gasteiger partial charge in [0.05, 0.1) is 0 Å². The van der Waals surface area contributed by atoms with Gasteiger partial charge in [-0.2, -0.15) is 0 Å². The smallest absolute Gasteiger partial charge is 0.358 e. The van der Waals surface area contributed by atoms with Crippen molar-refractivity contribution in [3.63, 3.8) is 0 Å². The number of hydrogen-bond acceptors (Lipinski definition) is 4. The van der Waals surface area contributed by atoms with Crippen LogP contribution in [0.3, 0.4) is 0 Å². The van der Waals surface area contributed by atoms with Crippen LogP contribution in [-0.2, 0) is 0 Å². The van der Waals surface area contributed by atoms with Crippen molar-refractivity contribution in [2.24, 2.45) is 0 Å². The highest BCUT2D eigenvalue weighted by Crippen LogP contribution is 2.13. The molecule has 5 nitrogen and oxygen atoms in total. The van der Waals surface area contributed by atoms with Crippen molar-refractivity contribution in [2.45, 2.75) is 26.2 Å². The molecule has 0 fully saturated rings. The van der Waals surface area contributed by atoms with Crippen LogP contribution in [0, 0.1) is 0 Å². The first-order valence-electron chi connectivity index (χ1n) is 5.42. The summed E-state index contributed by atoms with van der Waals surface area (Å²) >= 11 is 0. The average molecular weight is 223 g/mol. The Bertz CT molecular complexity index is 355. The van der Waals surface area contributed by atoms with Crippen LogP contribution in [0.15, 0.2) is 12.4 Å². The second kappa shape index (κ2) is 6.05. The molecule has 0 amide bonds. The van der Waals surface area contributed by atoms with Gasteiger partial charge in [-0.1, -0.05) is 19.8 Å². The second-order valence-corrected chi connectivity index (χ2v) is 3.66. The number of nitrogens with zero attached hydrogens (tertiary/aromatic N) is 3. The number of carboxylic acid groups (broad SMARTS) is 1. The van der Waals surface area contributed by atoms with Crippen molar-refractivity contribution in [3.05, 3.63) is 18.1 Å². The molecule has 88 valence electrons. The number of rotatable bonds is 6. The van der Waals surface area contributed by atoms with Gasteiger partial charge in [0.1, 0.15) is 0 Å². The number of carbonyl (C=O) groups is 1. The molecule has 1 rings (SSSR count). The zero-order valence-corrected chi connectivity index (χ0v) is 9.68. The van der Waals surface area contributed by atoms with E-state index < -0.39 is 5.97 Å². The summed E-state index contributed by atoms with van der Waals surface area (Å²) in [4.78, 5) is 20.7. The van der Waals surface area contributed by atoms with Crippen LogP contribution >= 0.6 is 0 Å². The van der Waals surface area contributed by atoms with Gasteiger partial charge in [0.2, 0.25) is 0 Å². The third-order valence-corrected chi connectivity index (χ3v) is 2.34. The maximum Gasteiger partial charge on any atom is 0.358 e. The molecule has 0 aliphatic heterocycles. The molecule has 0 unspecified atom stereocenters. The highest BCUT2D eigenvalue weighted by molar-refractivity contribution is 5.90. The molecular weight excluding hydrogens is 206 g/mol. The number of anilines is 1. The van der Waals surface area contributed by atoms with Crippen molar-refractivity contribution < 1.29 is 9.90 Å². The summed E-state index contributed by atoms with van der Waals surface area (Å²) < 4.78 is 0. The van der Waals surface area contributed by atoms with Crippen LogP contribution in [0.1, 0.15) is 36.7 Å². The fourth-order valence-corrected chi connectivity index (χ4v) is 1.47. The molecule has 0 aromatic carbocycles. The Kier molecular flexibility index (Phi) is 4.69. The van der Waals surface area contributed by atoms with E-state index >= 15 is 0 Å². The Morgan fingerprint density at radius 2 is 2.06 bits per heavy atom.